The van der Waals surface area contributed by atoms with E-state index in [0.717, 1.165) is 6.29 Å². The average molecular weight is 148 g/mol. The first kappa shape index (κ1) is 15.8. The van der Waals surface area contributed by atoms with Crippen molar-refractivity contribution in [3.63, 3.8) is 0 Å². The van der Waals surface area contributed by atoms with Crippen LogP contribution in [0.1, 0.15) is 13.3 Å². The molecular weight excluding hydrogens is 136 g/mol. The molecule has 5 nitrogen and oxygen atoms in total. The maximum atomic E-state index is 9.17. The molecule has 0 bridgehead atoms. The SMILES string of the molecule is C=O.CCC=O.NC(N)=O. The molecule has 0 saturated carbocycles. The van der Waals surface area contributed by atoms with Gasteiger partial charge in [-0.15, -0.1) is 0 Å². The Morgan fingerprint density at radius 3 is 1.60 bits per heavy atom. The van der Waals surface area contributed by atoms with Gasteiger partial charge >= 0.3 is 6.03 Å². The Labute approximate surface area is 59.4 Å². The minimum absolute atomic E-state index is 0.639. The minimum Gasteiger partial charge on any atom is -0.352 e. The van der Waals surface area contributed by atoms with Gasteiger partial charge in [0.15, 0.2) is 0 Å². The molecule has 0 heterocycles. The van der Waals surface area contributed by atoms with Gasteiger partial charge in [0.1, 0.15) is 13.1 Å². The zero-order valence-electron chi connectivity index (χ0n) is 5.87. The number of nitrogens with two attached hydrogens (primary N) is 2. The molecule has 4 N–H and O–H groups in total. The van der Waals surface area contributed by atoms with Crippen LogP contribution in [0.25, 0.3) is 0 Å². The van der Waals surface area contributed by atoms with Crippen molar-refractivity contribution in [1.82, 2.24) is 0 Å². The van der Waals surface area contributed by atoms with Crippen LogP contribution >= 0.6 is 0 Å². The number of hydrogen-bond donors (Lipinski definition) is 2. The molecule has 0 aliphatic heterocycles. The molecular formula is C5H12N2O3. The molecule has 0 spiro atoms. The summed E-state index contributed by atoms with van der Waals surface area (Å²) in [7, 11) is 0. The molecule has 0 unspecified atom stereocenters. The summed E-state index contributed by atoms with van der Waals surface area (Å²) in [6.07, 6.45) is 1.51. The molecule has 0 aromatic carbocycles. The van der Waals surface area contributed by atoms with Gasteiger partial charge in [-0.3, -0.25) is 0 Å². The number of carbonyl (C=O) groups excluding carboxylic acids is 3. The van der Waals surface area contributed by atoms with E-state index in [1.165, 1.54) is 0 Å². The first-order valence-electron chi connectivity index (χ1n) is 2.42. The van der Waals surface area contributed by atoms with E-state index in [1.54, 1.807) is 0 Å². The quantitative estimate of drug-likeness (QED) is 0.487. The van der Waals surface area contributed by atoms with E-state index in [9.17, 15) is 4.79 Å². The van der Waals surface area contributed by atoms with Gasteiger partial charge in [0.05, 0.1) is 0 Å². The van der Waals surface area contributed by atoms with Crippen LogP contribution in [0.5, 0.6) is 0 Å². The highest BCUT2D eigenvalue weighted by molar-refractivity contribution is 5.69. The third-order valence-electron chi connectivity index (χ3n) is 0.167. The fraction of sp³-hybridized carbons (Fsp3) is 0.400. The summed E-state index contributed by atoms with van der Waals surface area (Å²) < 4.78 is 0. The molecule has 5 heteroatoms. The molecule has 60 valence electrons. The van der Waals surface area contributed by atoms with Crippen LogP contribution in [0.3, 0.4) is 0 Å². The second-order valence-electron chi connectivity index (χ2n) is 0.977. The van der Waals surface area contributed by atoms with Gasteiger partial charge in [-0.05, 0) is 0 Å². The summed E-state index contributed by atoms with van der Waals surface area (Å²) in [5.74, 6) is 0. The molecule has 0 aliphatic carbocycles. The molecule has 0 atom stereocenters. The van der Waals surface area contributed by atoms with Crippen molar-refractivity contribution >= 4 is 19.1 Å². The summed E-state index contributed by atoms with van der Waals surface area (Å²) in [6, 6.07) is -0.833. The Morgan fingerprint density at radius 2 is 1.60 bits per heavy atom. The monoisotopic (exact) mass is 148 g/mol. The number of rotatable bonds is 1. The van der Waals surface area contributed by atoms with Crippen molar-refractivity contribution in [3.8, 4) is 0 Å². The Balaban J connectivity index is -0.0000000787. The van der Waals surface area contributed by atoms with Gasteiger partial charge in [-0.2, -0.15) is 0 Å². The minimum atomic E-state index is -0.833. The third kappa shape index (κ3) is 1370. The Hall–Kier alpha value is -1.39. The number of carbonyl (C=O) groups is 3. The van der Waals surface area contributed by atoms with Crippen LogP contribution in [0, 0.1) is 0 Å². The largest absolute Gasteiger partial charge is 0.352 e. The molecule has 2 amide bonds. The smallest absolute Gasteiger partial charge is 0.309 e. The lowest BCUT2D eigenvalue weighted by Crippen LogP contribution is -2.18. The Morgan fingerprint density at radius 1 is 1.50 bits per heavy atom. The lowest BCUT2D eigenvalue weighted by molar-refractivity contribution is -0.107. The fourth-order valence-corrected chi connectivity index (χ4v) is 0. The predicted octanol–water partition coefficient (Wildman–Crippen LogP) is -0.566. The summed E-state index contributed by atoms with van der Waals surface area (Å²) in [6.45, 7) is 3.81. The topological polar surface area (TPSA) is 103 Å². The second kappa shape index (κ2) is 25.5. The highest BCUT2D eigenvalue weighted by Crippen LogP contribution is 1.53. The van der Waals surface area contributed by atoms with E-state index < -0.39 is 6.03 Å². The van der Waals surface area contributed by atoms with Crippen molar-refractivity contribution in [3.05, 3.63) is 0 Å². The summed E-state index contributed by atoms with van der Waals surface area (Å²) in [4.78, 5) is 26.2. The van der Waals surface area contributed by atoms with E-state index in [2.05, 4.69) is 11.5 Å². The van der Waals surface area contributed by atoms with Crippen molar-refractivity contribution in [2.24, 2.45) is 11.5 Å². The lowest BCUT2D eigenvalue weighted by atomic mass is 10.6. The number of urea groups is 1. The van der Waals surface area contributed by atoms with E-state index in [1.807, 2.05) is 13.7 Å². The lowest BCUT2D eigenvalue weighted by Gasteiger charge is -1.62. The van der Waals surface area contributed by atoms with E-state index in [4.69, 9.17) is 9.59 Å². The molecule has 0 aromatic rings. The maximum absolute atomic E-state index is 9.17. The highest BCUT2D eigenvalue weighted by atomic mass is 16.2. The van der Waals surface area contributed by atoms with Gasteiger partial charge in [0.2, 0.25) is 0 Å². The van der Waals surface area contributed by atoms with Crippen LogP contribution in [-0.2, 0) is 9.59 Å². The normalized spacial score (nSPS) is 5.30. The van der Waals surface area contributed by atoms with Gasteiger partial charge in [-0.1, -0.05) is 6.92 Å². The van der Waals surface area contributed by atoms with E-state index in [-0.39, 0.29) is 0 Å². The Bertz CT molecular complexity index is 81.0. The number of hydrogen-bond acceptors (Lipinski definition) is 3. The fourth-order valence-electron chi connectivity index (χ4n) is 0. The molecule has 0 radical (unpaired) electrons. The molecule has 0 saturated heterocycles. The first-order valence-corrected chi connectivity index (χ1v) is 2.42. The summed E-state index contributed by atoms with van der Waals surface area (Å²) >= 11 is 0. The van der Waals surface area contributed by atoms with Crippen LogP contribution < -0.4 is 11.5 Å². The van der Waals surface area contributed by atoms with Crippen molar-refractivity contribution < 1.29 is 14.4 Å². The summed E-state index contributed by atoms with van der Waals surface area (Å²) in [5.41, 5.74) is 8.50. The van der Waals surface area contributed by atoms with Crippen LogP contribution in [0.15, 0.2) is 0 Å². The number of amides is 2. The molecule has 0 aromatic heterocycles. The van der Waals surface area contributed by atoms with Crippen LogP contribution in [0.2, 0.25) is 0 Å². The standard InChI is InChI=1S/C3H6O.CH4N2O.CH2O/c1-2-3-4;2-1(3)4;1-2/h3H,2H2,1H3;(H4,2,3,4);1H2. The molecule has 10 heavy (non-hydrogen) atoms. The Kier molecular flexibility index (Phi) is 40.4. The highest BCUT2D eigenvalue weighted by Gasteiger charge is 1.60. The van der Waals surface area contributed by atoms with Gasteiger partial charge in [-0.25, -0.2) is 4.79 Å². The zero-order valence-corrected chi connectivity index (χ0v) is 5.87. The van der Waals surface area contributed by atoms with Crippen LogP contribution in [-0.4, -0.2) is 19.1 Å². The number of primary amides is 2. The van der Waals surface area contributed by atoms with Gasteiger partial charge < -0.3 is 21.1 Å². The first-order chi connectivity index (χ1) is 4.65. The average Bonchev–Trinajstić information content (AvgIpc) is 1.91. The molecule has 0 aliphatic rings. The van der Waals surface area contributed by atoms with Crippen molar-refractivity contribution in [2.75, 3.05) is 0 Å². The summed E-state index contributed by atoms with van der Waals surface area (Å²) in [5, 5.41) is 0. The van der Waals surface area contributed by atoms with E-state index in [0.29, 0.717) is 6.42 Å². The number of aldehydes is 1. The zero-order chi connectivity index (χ0) is 8.99. The molecule has 0 rings (SSSR count). The van der Waals surface area contributed by atoms with Gasteiger partial charge in [0.25, 0.3) is 0 Å². The van der Waals surface area contributed by atoms with Gasteiger partial charge in [0, 0.05) is 6.42 Å². The van der Waals surface area contributed by atoms with Crippen LogP contribution in [0.4, 0.5) is 4.79 Å². The second-order valence-corrected chi connectivity index (χ2v) is 0.977. The maximum Gasteiger partial charge on any atom is 0.309 e. The predicted molar refractivity (Wildman–Crippen MR) is 37.2 cm³/mol. The third-order valence-corrected chi connectivity index (χ3v) is 0.167. The van der Waals surface area contributed by atoms with E-state index >= 15 is 0 Å². The molecule has 0 fully saturated rings. The van der Waals surface area contributed by atoms with Crippen molar-refractivity contribution in [2.45, 2.75) is 13.3 Å². The van der Waals surface area contributed by atoms with Crippen molar-refractivity contribution in [1.29, 1.82) is 0 Å².